The standard InChI is InChI=1S/C22H30F4O/c1-2-3-14-6-8-18-11-15(7-9-17(18)10-14)4-5-16-12-19(23)21(20(24)13-16)27-22(25)26/h12-15,17-18,22H,2-11H2,1H3/t14?,15-,17-,18-/m1/s1. The van der Waals surface area contributed by atoms with E-state index in [1.165, 1.54) is 51.4 Å². The molecular formula is C22H30F4O. The molecule has 3 rings (SSSR count). The van der Waals surface area contributed by atoms with Crippen molar-refractivity contribution in [3.63, 3.8) is 0 Å². The summed E-state index contributed by atoms with van der Waals surface area (Å²) in [5, 5.41) is 0. The summed E-state index contributed by atoms with van der Waals surface area (Å²) >= 11 is 0. The molecule has 0 aliphatic heterocycles. The fourth-order valence-corrected chi connectivity index (χ4v) is 5.35. The molecule has 1 aromatic rings. The fourth-order valence-electron chi connectivity index (χ4n) is 5.35. The fraction of sp³-hybridized carbons (Fsp3) is 0.727. The van der Waals surface area contributed by atoms with Gasteiger partial charge in [0, 0.05) is 0 Å². The third-order valence-corrected chi connectivity index (χ3v) is 6.63. The zero-order chi connectivity index (χ0) is 19.4. The van der Waals surface area contributed by atoms with E-state index in [1.54, 1.807) is 0 Å². The summed E-state index contributed by atoms with van der Waals surface area (Å²) in [7, 11) is 0. The van der Waals surface area contributed by atoms with Gasteiger partial charge in [0.25, 0.3) is 0 Å². The van der Waals surface area contributed by atoms with Gasteiger partial charge in [0.2, 0.25) is 0 Å². The molecule has 1 nitrogen and oxygen atoms in total. The van der Waals surface area contributed by atoms with Crippen LogP contribution in [0.25, 0.3) is 0 Å². The van der Waals surface area contributed by atoms with Gasteiger partial charge >= 0.3 is 6.61 Å². The molecule has 2 saturated carbocycles. The first-order valence-corrected chi connectivity index (χ1v) is 10.4. The van der Waals surface area contributed by atoms with Crippen molar-refractivity contribution < 1.29 is 22.3 Å². The lowest BCUT2D eigenvalue weighted by Crippen LogP contribution is -2.31. The van der Waals surface area contributed by atoms with E-state index < -0.39 is 24.0 Å². The lowest BCUT2D eigenvalue weighted by Gasteiger charge is -2.42. The third kappa shape index (κ3) is 5.39. The van der Waals surface area contributed by atoms with E-state index in [4.69, 9.17) is 0 Å². The second-order valence-electron chi connectivity index (χ2n) is 8.47. The second-order valence-corrected chi connectivity index (χ2v) is 8.47. The van der Waals surface area contributed by atoms with Crippen molar-refractivity contribution >= 4 is 0 Å². The third-order valence-electron chi connectivity index (χ3n) is 6.63. The van der Waals surface area contributed by atoms with Crippen LogP contribution in [0, 0.1) is 35.3 Å². The largest absolute Gasteiger partial charge is 0.429 e. The van der Waals surface area contributed by atoms with Crippen molar-refractivity contribution in [2.45, 2.75) is 77.7 Å². The summed E-state index contributed by atoms with van der Waals surface area (Å²) in [6.07, 6.45) is 11.9. The number of benzene rings is 1. The zero-order valence-electron chi connectivity index (χ0n) is 16.0. The van der Waals surface area contributed by atoms with Gasteiger partial charge < -0.3 is 4.74 Å². The van der Waals surface area contributed by atoms with Crippen LogP contribution in [-0.2, 0) is 6.42 Å². The first-order valence-electron chi connectivity index (χ1n) is 10.4. The maximum Gasteiger partial charge on any atom is 0.387 e. The van der Waals surface area contributed by atoms with Gasteiger partial charge in [-0.3, -0.25) is 0 Å². The van der Waals surface area contributed by atoms with Gasteiger partial charge in [0.05, 0.1) is 0 Å². The molecule has 0 aromatic heterocycles. The molecule has 5 heteroatoms. The second kappa shape index (κ2) is 9.29. The van der Waals surface area contributed by atoms with Crippen molar-refractivity contribution in [2.75, 3.05) is 0 Å². The van der Waals surface area contributed by atoms with Gasteiger partial charge in [0.1, 0.15) is 0 Å². The smallest absolute Gasteiger partial charge is 0.387 e. The van der Waals surface area contributed by atoms with Crippen molar-refractivity contribution in [1.82, 2.24) is 0 Å². The lowest BCUT2D eigenvalue weighted by atomic mass is 9.63. The molecule has 2 aliphatic rings. The number of ether oxygens (including phenoxy) is 1. The Bertz CT molecular complexity index is 595. The molecule has 0 bridgehead atoms. The molecule has 0 saturated heterocycles. The number of fused-ring (bicyclic) bond motifs is 1. The quantitative estimate of drug-likeness (QED) is 0.453. The molecule has 0 spiro atoms. The summed E-state index contributed by atoms with van der Waals surface area (Å²) in [6, 6.07) is 2.25. The van der Waals surface area contributed by atoms with Crippen molar-refractivity contribution in [1.29, 1.82) is 0 Å². The first kappa shape index (κ1) is 20.5. The van der Waals surface area contributed by atoms with Crippen LogP contribution in [-0.4, -0.2) is 6.61 Å². The highest BCUT2D eigenvalue weighted by Gasteiger charge is 2.35. The predicted molar refractivity (Wildman–Crippen MR) is 97.9 cm³/mol. The van der Waals surface area contributed by atoms with E-state index >= 15 is 0 Å². The minimum absolute atomic E-state index is 0.514. The van der Waals surface area contributed by atoms with Gasteiger partial charge in [-0.2, -0.15) is 8.78 Å². The highest BCUT2D eigenvalue weighted by molar-refractivity contribution is 5.31. The van der Waals surface area contributed by atoms with E-state index in [2.05, 4.69) is 11.7 Å². The van der Waals surface area contributed by atoms with Crippen molar-refractivity contribution in [3.05, 3.63) is 29.3 Å². The Morgan fingerprint density at radius 1 is 0.926 bits per heavy atom. The van der Waals surface area contributed by atoms with E-state index in [0.717, 1.165) is 36.3 Å². The van der Waals surface area contributed by atoms with Crippen LogP contribution in [0.5, 0.6) is 5.75 Å². The molecule has 152 valence electrons. The zero-order valence-corrected chi connectivity index (χ0v) is 16.0. The van der Waals surface area contributed by atoms with Crippen LogP contribution in [0.1, 0.15) is 70.3 Å². The Kier molecular flexibility index (Phi) is 7.04. The minimum atomic E-state index is -3.23. The molecule has 0 N–H and O–H groups in total. The van der Waals surface area contributed by atoms with Crippen LogP contribution in [0.2, 0.25) is 0 Å². The van der Waals surface area contributed by atoms with Crippen LogP contribution in [0.15, 0.2) is 12.1 Å². The molecule has 1 unspecified atom stereocenters. The van der Waals surface area contributed by atoms with Gasteiger partial charge in [-0.25, -0.2) is 8.78 Å². The number of halogens is 4. The molecule has 4 atom stereocenters. The van der Waals surface area contributed by atoms with Crippen molar-refractivity contribution in [3.8, 4) is 5.75 Å². The number of rotatable bonds is 7. The molecule has 0 heterocycles. The minimum Gasteiger partial charge on any atom is -0.429 e. The van der Waals surface area contributed by atoms with Crippen LogP contribution < -0.4 is 4.74 Å². The van der Waals surface area contributed by atoms with Crippen LogP contribution in [0.4, 0.5) is 17.6 Å². The number of aryl methyl sites for hydroxylation is 1. The number of alkyl halides is 2. The van der Waals surface area contributed by atoms with E-state index in [-0.39, 0.29) is 0 Å². The Morgan fingerprint density at radius 2 is 1.48 bits per heavy atom. The normalized spacial score (nSPS) is 28.2. The highest BCUT2D eigenvalue weighted by atomic mass is 19.3. The average molecular weight is 386 g/mol. The maximum absolute atomic E-state index is 13.9. The topological polar surface area (TPSA) is 9.23 Å². The van der Waals surface area contributed by atoms with Crippen LogP contribution in [0.3, 0.4) is 0 Å². The number of hydrogen-bond donors (Lipinski definition) is 0. The summed E-state index contributed by atoms with van der Waals surface area (Å²) in [6.45, 7) is -0.969. The maximum atomic E-state index is 13.9. The molecule has 0 amide bonds. The molecule has 0 radical (unpaired) electrons. The lowest BCUT2D eigenvalue weighted by molar-refractivity contribution is -0.0546. The Hall–Kier alpha value is -1.26. The van der Waals surface area contributed by atoms with Crippen LogP contribution >= 0.6 is 0 Å². The summed E-state index contributed by atoms with van der Waals surface area (Å²) in [5.74, 6) is 0.0915. The van der Waals surface area contributed by atoms with Crippen molar-refractivity contribution in [2.24, 2.45) is 23.7 Å². The number of hydrogen-bond acceptors (Lipinski definition) is 1. The average Bonchev–Trinajstić information content (AvgIpc) is 2.63. The van der Waals surface area contributed by atoms with E-state index in [1.807, 2.05) is 0 Å². The van der Waals surface area contributed by atoms with Gasteiger partial charge in [0.15, 0.2) is 17.4 Å². The van der Waals surface area contributed by atoms with Gasteiger partial charge in [-0.1, -0.05) is 32.6 Å². The summed E-state index contributed by atoms with van der Waals surface area (Å²) < 4.78 is 56.1. The molecule has 2 aliphatic carbocycles. The van der Waals surface area contributed by atoms with E-state index in [9.17, 15) is 17.6 Å². The Morgan fingerprint density at radius 3 is 2.00 bits per heavy atom. The highest BCUT2D eigenvalue weighted by Crippen LogP contribution is 2.46. The molecular weight excluding hydrogens is 356 g/mol. The molecule has 27 heavy (non-hydrogen) atoms. The van der Waals surface area contributed by atoms with E-state index in [0.29, 0.717) is 17.9 Å². The van der Waals surface area contributed by atoms with Gasteiger partial charge in [-0.05, 0) is 79.9 Å². The predicted octanol–water partition coefficient (Wildman–Crippen LogP) is 7.13. The molecule has 1 aromatic carbocycles. The monoisotopic (exact) mass is 386 g/mol. The Balaban J connectivity index is 1.51. The molecule has 2 fully saturated rings. The van der Waals surface area contributed by atoms with Gasteiger partial charge in [-0.15, -0.1) is 0 Å². The summed E-state index contributed by atoms with van der Waals surface area (Å²) in [4.78, 5) is 0. The Labute approximate surface area is 159 Å². The summed E-state index contributed by atoms with van der Waals surface area (Å²) in [5.41, 5.74) is 0.514. The first-order chi connectivity index (χ1) is 13.0. The SMILES string of the molecule is CCCC1CC[C@@H]2C[C@H](CCc3cc(F)c(OC(F)F)c(F)c3)CC[C@@H]2C1.